The van der Waals surface area contributed by atoms with Crippen LogP contribution in [0, 0.1) is 0 Å². The molecule has 4 heteroatoms. The topological polar surface area (TPSA) is 0 Å². The van der Waals surface area contributed by atoms with Crippen LogP contribution in [0.25, 0.3) is 0 Å². The molecule has 4 rings (SSSR count). The molecule has 0 saturated carbocycles. The fourth-order valence-corrected chi connectivity index (χ4v) is 6.53. The normalized spacial score (nSPS) is 10.1. The van der Waals surface area contributed by atoms with Crippen LogP contribution in [0.3, 0.4) is 0 Å². The van der Waals surface area contributed by atoms with Crippen LogP contribution in [-0.4, -0.2) is 0 Å². The number of benzene rings is 4. The average molecular weight is 465 g/mol. The minimum Gasteiger partial charge on any atom is -0.0890 e. The third-order valence-corrected chi connectivity index (χ3v) is 8.63. The molecule has 30 heavy (non-hydrogen) atoms. The molecular formula is C26H24S4. The summed E-state index contributed by atoms with van der Waals surface area (Å²) in [7, 11) is 7.42. The second-order valence-corrected chi connectivity index (χ2v) is 11.0. The minimum atomic E-state index is 1.08. The van der Waals surface area contributed by atoms with Crippen molar-refractivity contribution >= 4 is 43.2 Å². The first-order valence-corrected chi connectivity index (χ1v) is 14.3. The van der Waals surface area contributed by atoms with Crippen LogP contribution < -0.4 is 0 Å². The maximum absolute atomic E-state index is 2.18. The smallest absolute Gasteiger partial charge is 0.0288 e. The van der Waals surface area contributed by atoms with E-state index in [4.69, 9.17) is 0 Å². The molecule has 0 aliphatic heterocycles. The van der Waals surface area contributed by atoms with Crippen LogP contribution in [0.15, 0.2) is 131 Å². The lowest BCUT2D eigenvalue weighted by atomic mass is 10.2. The van der Waals surface area contributed by atoms with Gasteiger partial charge in [0.15, 0.2) is 0 Å². The standard InChI is InChI=1S/C14H14S2.C12H10S2/c1-3-7-13(8-4-1)11-15-16-12-14-9-5-2-6-10-14;1-3-7-11(8-4-1)13-14-12-9-5-2-6-10-12/h1-10H,11-12H2;1-10H. The summed E-state index contributed by atoms with van der Waals surface area (Å²) in [5.74, 6) is 2.16. The van der Waals surface area contributed by atoms with E-state index in [-0.39, 0.29) is 0 Å². The highest BCUT2D eigenvalue weighted by Gasteiger charge is 1.96. The molecule has 0 amide bonds. The molecule has 0 fully saturated rings. The van der Waals surface area contributed by atoms with Gasteiger partial charge in [-0.1, -0.05) is 140 Å². The average Bonchev–Trinajstić information content (AvgIpc) is 2.84. The van der Waals surface area contributed by atoms with Gasteiger partial charge in [0.05, 0.1) is 0 Å². The summed E-state index contributed by atoms with van der Waals surface area (Å²) in [6, 6.07) is 42.0. The summed E-state index contributed by atoms with van der Waals surface area (Å²) in [6.07, 6.45) is 0. The maximum atomic E-state index is 2.18. The second kappa shape index (κ2) is 14.3. The summed E-state index contributed by atoms with van der Waals surface area (Å²) in [5.41, 5.74) is 2.79. The second-order valence-electron chi connectivity index (χ2n) is 6.29. The number of rotatable bonds is 8. The van der Waals surface area contributed by atoms with Crippen LogP contribution in [0.5, 0.6) is 0 Å². The van der Waals surface area contributed by atoms with Crippen molar-refractivity contribution in [3.8, 4) is 0 Å². The Morgan fingerprint density at radius 3 is 1.00 bits per heavy atom. The Bertz CT molecular complexity index is 849. The molecule has 0 nitrogen and oxygen atoms in total. The fraction of sp³-hybridized carbons (Fsp3) is 0.0769. The lowest BCUT2D eigenvalue weighted by Crippen LogP contribution is -1.78. The van der Waals surface area contributed by atoms with Crippen molar-refractivity contribution < 1.29 is 0 Å². The first kappa shape index (κ1) is 23.0. The van der Waals surface area contributed by atoms with Crippen molar-refractivity contribution in [2.75, 3.05) is 0 Å². The summed E-state index contributed by atoms with van der Waals surface area (Å²) in [6.45, 7) is 0. The van der Waals surface area contributed by atoms with E-state index in [1.54, 1.807) is 21.6 Å². The molecule has 0 atom stereocenters. The largest absolute Gasteiger partial charge is 0.0890 e. The SMILES string of the molecule is c1ccc(CSSCc2ccccc2)cc1.c1ccc(SSc2ccccc2)cc1. The van der Waals surface area contributed by atoms with Gasteiger partial charge in [-0.15, -0.1) is 0 Å². The highest BCUT2D eigenvalue weighted by molar-refractivity contribution is 8.76. The Balaban J connectivity index is 0.000000172. The molecule has 0 spiro atoms. The molecule has 0 saturated heterocycles. The predicted molar refractivity (Wildman–Crippen MR) is 140 cm³/mol. The van der Waals surface area contributed by atoms with E-state index in [1.165, 1.54) is 20.9 Å². The summed E-state index contributed by atoms with van der Waals surface area (Å²) >= 11 is 0. The van der Waals surface area contributed by atoms with E-state index in [1.807, 2.05) is 33.7 Å². The monoisotopic (exact) mass is 464 g/mol. The van der Waals surface area contributed by atoms with Gasteiger partial charge in [-0.2, -0.15) is 0 Å². The third kappa shape index (κ3) is 9.40. The molecule has 4 aromatic carbocycles. The van der Waals surface area contributed by atoms with Crippen molar-refractivity contribution in [1.29, 1.82) is 0 Å². The van der Waals surface area contributed by atoms with Crippen LogP contribution in [0.4, 0.5) is 0 Å². The predicted octanol–water partition coefficient (Wildman–Crippen LogP) is 9.25. The zero-order valence-corrected chi connectivity index (χ0v) is 19.9. The Kier molecular flexibility index (Phi) is 11.0. The summed E-state index contributed by atoms with van der Waals surface area (Å²) in [5, 5.41) is 0. The summed E-state index contributed by atoms with van der Waals surface area (Å²) < 4.78 is 0. The van der Waals surface area contributed by atoms with E-state index in [9.17, 15) is 0 Å². The van der Waals surface area contributed by atoms with Crippen molar-refractivity contribution in [1.82, 2.24) is 0 Å². The molecule has 0 aliphatic carbocycles. The zero-order valence-electron chi connectivity index (χ0n) is 16.6. The summed E-state index contributed by atoms with van der Waals surface area (Å²) in [4.78, 5) is 2.59. The first-order chi connectivity index (χ1) is 14.9. The third-order valence-electron chi connectivity index (χ3n) is 3.94. The molecule has 0 aliphatic rings. The van der Waals surface area contributed by atoms with Gasteiger partial charge in [-0.3, -0.25) is 0 Å². The van der Waals surface area contributed by atoms with Crippen LogP contribution in [-0.2, 0) is 11.5 Å². The van der Waals surface area contributed by atoms with Gasteiger partial charge in [0, 0.05) is 21.3 Å². The molecule has 152 valence electrons. The van der Waals surface area contributed by atoms with Gasteiger partial charge in [-0.05, 0) is 35.4 Å². The Labute approximate surface area is 196 Å². The molecule has 0 radical (unpaired) electrons. The first-order valence-electron chi connectivity index (χ1n) is 9.67. The quantitative estimate of drug-likeness (QED) is 0.188. The molecule has 0 heterocycles. The van der Waals surface area contributed by atoms with E-state index in [0.717, 1.165) is 11.5 Å². The van der Waals surface area contributed by atoms with Crippen molar-refractivity contribution in [3.63, 3.8) is 0 Å². The number of hydrogen-bond acceptors (Lipinski definition) is 4. The van der Waals surface area contributed by atoms with Gasteiger partial charge in [-0.25, -0.2) is 0 Å². The van der Waals surface area contributed by atoms with E-state index in [0.29, 0.717) is 0 Å². The molecule has 0 N–H and O–H groups in total. The van der Waals surface area contributed by atoms with Crippen LogP contribution in [0.2, 0.25) is 0 Å². The molecule has 4 aromatic rings. The van der Waals surface area contributed by atoms with Crippen molar-refractivity contribution in [3.05, 3.63) is 132 Å². The van der Waals surface area contributed by atoms with Crippen molar-refractivity contribution in [2.45, 2.75) is 21.3 Å². The molecule has 0 aromatic heterocycles. The van der Waals surface area contributed by atoms with Crippen LogP contribution >= 0.6 is 43.2 Å². The van der Waals surface area contributed by atoms with Gasteiger partial charge >= 0.3 is 0 Å². The molecular weight excluding hydrogens is 441 g/mol. The lowest BCUT2D eigenvalue weighted by Gasteiger charge is -2.01. The van der Waals surface area contributed by atoms with E-state index < -0.39 is 0 Å². The lowest BCUT2D eigenvalue weighted by molar-refractivity contribution is 1.42. The van der Waals surface area contributed by atoms with Gasteiger partial charge in [0.25, 0.3) is 0 Å². The zero-order chi connectivity index (χ0) is 20.7. The van der Waals surface area contributed by atoms with E-state index in [2.05, 4.69) is 109 Å². The van der Waals surface area contributed by atoms with Crippen molar-refractivity contribution in [2.24, 2.45) is 0 Å². The Hall–Kier alpha value is -1.72. The minimum absolute atomic E-state index is 1.08. The molecule has 0 bridgehead atoms. The van der Waals surface area contributed by atoms with Gasteiger partial charge in [0.1, 0.15) is 0 Å². The van der Waals surface area contributed by atoms with E-state index >= 15 is 0 Å². The number of hydrogen-bond donors (Lipinski definition) is 0. The maximum Gasteiger partial charge on any atom is 0.0288 e. The fourth-order valence-electron chi connectivity index (χ4n) is 2.42. The highest BCUT2D eigenvalue weighted by atomic mass is 33.1. The Morgan fingerprint density at radius 1 is 0.367 bits per heavy atom. The Morgan fingerprint density at radius 2 is 0.667 bits per heavy atom. The van der Waals surface area contributed by atoms with Crippen LogP contribution in [0.1, 0.15) is 11.1 Å². The molecule has 0 unspecified atom stereocenters. The van der Waals surface area contributed by atoms with Gasteiger partial charge < -0.3 is 0 Å². The van der Waals surface area contributed by atoms with Gasteiger partial charge in [0.2, 0.25) is 0 Å². The highest BCUT2D eigenvalue weighted by Crippen LogP contribution is 2.36.